The minimum absolute atomic E-state index is 0.159. The van der Waals surface area contributed by atoms with E-state index in [4.69, 9.17) is 4.74 Å². The number of carboxylic acid groups (broad SMARTS) is 1. The number of carbonyl (C=O) groups is 3. The van der Waals surface area contributed by atoms with E-state index in [0.29, 0.717) is 30.0 Å². The molecular weight excluding hydrogens is 528 g/mol. The second-order valence-electron chi connectivity index (χ2n) is 9.93. The van der Waals surface area contributed by atoms with Crippen molar-refractivity contribution >= 4 is 34.4 Å². The third-order valence-corrected chi connectivity index (χ3v) is 7.53. The first-order chi connectivity index (χ1) is 19.7. The van der Waals surface area contributed by atoms with Gasteiger partial charge in [-0.05, 0) is 54.3 Å². The van der Waals surface area contributed by atoms with Gasteiger partial charge in [0.25, 0.3) is 0 Å². The standard InChI is InChI=1S/C29H30N6O6/c1-16(34(2)29(39)40)26(36)30-22-12-9-17-6-4-5-7-23(17)35(27(22)37)15-21-20-11-8-19(25-31-28(38)33-32-25)14-18(20)10-13-24(21)41-3/h4-8,10-11,13-14,16,22H,9,12,15H2,1-3H3,(H,30,36)(H,39,40)(H2,31,32,33,38)/t16-,22-/m0/s1. The van der Waals surface area contributed by atoms with Crippen molar-refractivity contribution in [2.24, 2.45) is 0 Å². The van der Waals surface area contributed by atoms with Gasteiger partial charge in [0.2, 0.25) is 11.8 Å². The summed E-state index contributed by atoms with van der Waals surface area (Å²) in [5, 5.41) is 20.1. The molecule has 1 aliphatic rings. The van der Waals surface area contributed by atoms with Gasteiger partial charge in [-0.1, -0.05) is 36.4 Å². The number of amides is 3. The lowest BCUT2D eigenvalue weighted by Gasteiger charge is -2.29. The average Bonchev–Trinajstić information content (AvgIpc) is 3.37. The molecule has 12 heteroatoms. The van der Waals surface area contributed by atoms with E-state index in [1.807, 2.05) is 54.6 Å². The van der Waals surface area contributed by atoms with Gasteiger partial charge in [0.05, 0.1) is 13.7 Å². The summed E-state index contributed by atoms with van der Waals surface area (Å²) < 4.78 is 5.71. The van der Waals surface area contributed by atoms with Crippen LogP contribution in [0.2, 0.25) is 0 Å². The second kappa shape index (κ2) is 11.2. The Morgan fingerprint density at radius 2 is 1.98 bits per heavy atom. The van der Waals surface area contributed by atoms with Gasteiger partial charge in [-0.2, -0.15) is 5.10 Å². The van der Waals surface area contributed by atoms with Gasteiger partial charge in [0.15, 0.2) is 5.82 Å². The summed E-state index contributed by atoms with van der Waals surface area (Å²) >= 11 is 0. The van der Waals surface area contributed by atoms with E-state index in [1.54, 1.807) is 12.0 Å². The molecule has 2 heterocycles. The summed E-state index contributed by atoms with van der Waals surface area (Å²) in [4.78, 5) is 55.1. The number of anilines is 1. The topological polar surface area (TPSA) is 161 Å². The predicted molar refractivity (Wildman–Crippen MR) is 152 cm³/mol. The van der Waals surface area contributed by atoms with Crippen molar-refractivity contribution in [2.45, 2.75) is 38.4 Å². The first-order valence-corrected chi connectivity index (χ1v) is 13.1. The van der Waals surface area contributed by atoms with Gasteiger partial charge in [-0.3, -0.25) is 19.5 Å². The van der Waals surface area contributed by atoms with Crippen molar-refractivity contribution in [3.8, 4) is 17.1 Å². The summed E-state index contributed by atoms with van der Waals surface area (Å²) in [7, 11) is 2.88. The summed E-state index contributed by atoms with van der Waals surface area (Å²) in [6.07, 6.45) is -0.331. The minimum Gasteiger partial charge on any atom is -0.496 e. The van der Waals surface area contributed by atoms with Crippen LogP contribution < -0.4 is 20.6 Å². The largest absolute Gasteiger partial charge is 0.496 e. The normalized spacial score (nSPS) is 15.6. The fourth-order valence-corrected chi connectivity index (χ4v) is 5.09. The first kappa shape index (κ1) is 27.4. The van der Waals surface area contributed by atoms with Crippen LogP contribution in [0.5, 0.6) is 5.75 Å². The van der Waals surface area contributed by atoms with Crippen molar-refractivity contribution < 1.29 is 24.2 Å². The molecule has 0 unspecified atom stereocenters. The van der Waals surface area contributed by atoms with Gasteiger partial charge in [-0.15, -0.1) is 0 Å². The van der Waals surface area contributed by atoms with E-state index < -0.39 is 29.8 Å². The molecule has 2 atom stereocenters. The van der Waals surface area contributed by atoms with Crippen LogP contribution in [0.25, 0.3) is 22.2 Å². The molecule has 0 radical (unpaired) electrons. The predicted octanol–water partition coefficient (Wildman–Crippen LogP) is 2.89. The number of fused-ring (bicyclic) bond motifs is 2. The third-order valence-electron chi connectivity index (χ3n) is 7.53. The number of nitrogens with one attached hydrogen (secondary N) is 3. The van der Waals surface area contributed by atoms with Crippen molar-refractivity contribution in [1.82, 2.24) is 25.4 Å². The van der Waals surface area contributed by atoms with Crippen LogP contribution in [0.3, 0.4) is 0 Å². The number of hydrogen-bond acceptors (Lipinski definition) is 6. The lowest BCUT2D eigenvalue weighted by Crippen LogP contribution is -2.53. The molecule has 3 amide bonds. The molecule has 12 nitrogen and oxygen atoms in total. The minimum atomic E-state index is -1.24. The monoisotopic (exact) mass is 558 g/mol. The number of aryl methyl sites for hydroxylation is 1. The highest BCUT2D eigenvalue weighted by atomic mass is 16.5. The maximum absolute atomic E-state index is 14.0. The van der Waals surface area contributed by atoms with Crippen LogP contribution in [-0.4, -0.2) is 69.3 Å². The number of para-hydroxylation sites is 1. The second-order valence-corrected chi connectivity index (χ2v) is 9.93. The lowest BCUT2D eigenvalue weighted by molar-refractivity contribution is -0.130. The van der Waals surface area contributed by atoms with Crippen LogP contribution in [0, 0.1) is 0 Å². The van der Waals surface area contributed by atoms with E-state index in [-0.39, 0.29) is 12.5 Å². The van der Waals surface area contributed by atoms with Crippen LogP contribution in [0.1, 0.15) is 24.5 Å². The van der Waals surface area contributed by atoms with Crippen LogP contribution in [0.15, 0.2) is 59.4 Å². The molecule has 0 fully saturated rings. The Kier molecular flexibility index (Phi) is 7.47. The van der Waals surface area contributed by atoms with Crippen molar-refractivity contribution in [2.75, 3.05) is 19.1 Å². The van der Waals surface area contributed by atoms with E-state index in [0.717, 1.165) is 32.5 Å². The lowest BCUT2D eigenvalue weighted by atomic mass is 10.00. The Bertz CT molecular complexity index is 1690. The fourth-order valence-electron chi connectivity index (χ4n) is 5.09. The van der Waals surface area contributed by atoms with Gasteiger partial charge in [0, 0.05) is 23.9 Å². The molecule has 41 heavy (non-hydrogen) atoms. The number of ether oxygens (including phenoxy) is 1. The highest BCUT2D eigenvalue weighted by Crippen LogP contribution is 2.35. The summed E-state index contributed by atoms with van der Waals surface area (Å²) in [5.74, 6) is 0.140. The van der Waals surface area contributed by atoms with Gasteiger partial charge in [-0.25, -0.2) is 14.7 Å². The molecule has 1 aliphatic heterocycles. The number of carbonyl (C=O) groups excluding carboxylic acids is 2. The molecule has 5 rings (SSSR count). The number of nitrogens with zero attached hydrogens (tertiary/aromatic N) is 3. The molecule has 4 N–H and O–H groups in total. The number of aromatic amines is 2. The number of hydrogen-bond donors (Lipinski definition) is 4. The molecule has 1 aromatic heterocycles. The zero-order chi connectivity index (χ0) is 29.3. The average molecular weight is 559 g/mol. The SMILES string of the molecule is COc1ccc2cc(-c3n[nH]c(=O)[nH]3)ccc2c1CN1C(=O)[C@@H](NC(=O)[C@H](C)N(C)C(=O)O)CCc2ccccc21. The molecule has 0 bridgehead atoms. The van der Waals surface area contributed by atoms with Crippen molar-refractivity contribution in [1.29, 1.82) is 0 Å². The number of methoxy groups -OCH3 is 1. The van der Waals surface area contributed by atoms with Crippen LogP contribution in [-0.2, 0) is 22.6 Å². The summed E-state index contributed by atoms with van der Waals surface area (Å²) in [6, 6.07) is 15.1. The molecule has 0 spiro atoms. The molecule has 4 aromatic rings. The van der Waals surface area contributed by atoms with Crippen molar-refractivity contribution in [3.63, 3.8) is 0 Å². The molecule has 0 saturated heterocycles. The maximum atomic E-state index is 14.0. The van der Waals surface area contributed by atoms with Crippen LogP contribution in [0.4, 0.5) is 10.5 Å². The molecule has 212 valence electrons. The molecule has 0 saturated carbocycles. The zero-order valence-electron chi connectivity index (χ0n) is 22.8. The Morgan fingerprint density at radius 1 is 1.20 bits per heavy atom. The highest BCUT2D eigenvalue weighted by molar-refractivity contribution is 6.02. The smallest absolute Gasteiger partial charge is 0.407 e. The maximum Gasteiger partial charge on any atom is 0.407 e. The van der Waals surface area contributed by atoms with Gasteiger partial charge < -0.3 is 20.1 Å². The summed E-state index contributed by atoms with van der Waals surface area (Å²) in [5.41, 5.74) is 2.76. The van der Waals surface area contributed by atoms with E-state index in [2.05, 4.69) is 20.5 Å². The number of H-pyrrole nitrogens is 2. The van der Waals surface area contributed by atoms with Crippen LogP contribution >= 0.6 is 0 Å². The summed E-state index contributed by atoms with van der Waals surface area (Å²) in [6.45, 7) is 1.64. The number of aromatic nitrogens is 3. The highest BCUT2D eigenvalue weighted by Gasteiger charge is 2.34. The Labute approximate surface area is 234 Å². The number of likely N-dealkylation sites (N-methyl/N-ethyl adjacent to an activating group) is 1. The van der Waals surface area contributed by atoms with Crippen molar-refractivity contribution in [3.05, 3.63) is 76.2 Å². The third kappa shape index (κ3) is 5.36. The number of benzene rings is 3. The van der Waals surface area contributed by atoms with Gasteiger partial charge in [0.1, 0.15) is 17.8 Å². The molecular formula is C29H30N6O6. The zero-order valence-corrected chi connectivity index (χ0v) is 22.8. The van der Waals surface area contributed by atoms with E-state index >= 15 is 0 Å². The quantitative estimate of drug-likeness (QED) is 0.271. The first-order valence-electron chi connectivity index (χ1n) is 13.1. The Balaban J connectivity index is 1.53. The Morgan fingerprint density at radius 3 is 2.68 bits per heavy atom. The van der Waals surface area contributed by atoms with E-state index in [1.165, 1.54) is 14.0 Å². The van der Waals surface area contributed by atoms with Gasteiger partial charge >= 0.3 is 11.8 Å². The fraction of sp³-hybridized carbons (Fsp3) is 0.276. The molecule has 0 aliphatic carbocycles. The van der Waals surface area contributed by atoms with E-state index in [9.17, 15) is 24.3 Å². The Hall–Kier alpha value is -5.13. The number of rotatable bonds is 7. The molecule has 3 aromatic carbocycles.